The molecular formula is C22H23N5O4S. The average molecular weight is 454 g/mol. The van der Waals surface area contributed by atoms with Crippen molar-refractivity contribution in [1.29, 1.82) is 0 Å². The van der Waals surface area contributed by atoms with Gasteiger partial charge in [-0.2, -0.15) is 0 Å². The third-order valence-corrected chi connectivity index (χ3v) is 6.09. The Morgan fingerprint density at radius 2 is 1.91 bits per heavy atom. The highest BCUT2D eigenvalue weighted by Crippen LogP contribution is 2.34. The van der Waals surface area contributed by atoms with Crippen LogP contribution >= 0.6 is 11.8 Å². The van der Waals surface area contributed by atoms with E-state index < -0.39 is 5.25 Å². The number of hydrogen-bond acceptors (Lipinski definition) is 7. The molecule has 9 nitrogen and oxygen atoms in total. The first-order valence-corrected chi connectivity index (χ1v) is 10.9. The van der Waals surface area contributed by atoms with Crippen molar-refractivity contribution in [2.24, 2.45) is 7.05 Å². The Hall–Kier alpha value is -3.53. The summed E-state index contributed by atoms with van der Waals surface area (Å²) >= 11 is 1.27. The first-order chi connectivity index (χ1) is 15.4. The Bertz CT molecular complexity index is 1160. The Morgan fingerprint density at radius 3 is 2.72 bits per heavy atom. The fourth-order valence-corrected chi connectivity index (χ4v) is 3.92. The van der Waals surface area contributed by atoms with Gasteiger partial charge in [0, 0.05) is 24.5 Å². The summed E-state index contributed by atoms with van der Waals surface area (Å²) in [5.74, 6) is 1.41. The molecule has 2 amide bonds. The molecule has 0 spiro atoms. The van der Waals surface area contributed by atoms with Gasteiger partial charge in [-0.3, -0.25) is 9.59 Å². The summed E-state index contributed by atoms with van der Waals surface area (Å²) in [7, 11) is 1.78. The van der Waals surface area contributed by atoms with E-state index in [1.165, 1.54) is 11.8 Å². The van der Waals surface area contributed by atoms with E-state index in [1.807, 2.05) is 31.2 Å². The van der Waals surface area contributed by atoms with Crippen LogP contribution in [0.3, 0.4) is 0 Å². The van der Waals surface area contributed by atoms with E-state index in [-0.39, 0.29) is 25.0 Å². The third kappa shape index (κ3) is 4.86. The van der Waals surface area contributed by atoms with Crippen molar-refractivity contribution < 1.29 is 19.1 Å². The number of benzene rings is 2. The molecule has 0 fully saturated rings. The normalized spacial score (nSPS) is 13.0. The molecule has 1 aromatic heterocycles. The largest absolute Gasteiger partial charge is 0.454 e. The van der Waals surface area contributed by atoms with Gasteiger partial charge in [-0.05, 0) is 37.6 Å². The number of anilines is 2. The van der Waals surface area contributed by atoms with Gasteiger partial charge in [0.1, 0.15) is 5.82 Å². The lowest BCUT2D eigenvalue weighted by Crippen LogP contribution is -2.23. The lowest BCUT2D eigenvalue weighted by Gasteiger charge is -2.12. The molecule has 3 aromatic rings. The number of ether oxygens (including phenoxy) is 2. The quantitative estimate of drug-likeness (QED) is 0.529. The molecule has 166 valence electrons. The minimum atomic E-state index is -0.433. The highest BCUT2D eigenvalue weighted by atomic mass is 32.2. The SMILES string of the molecule is Cc1ccccc1NC(=O)Cc1nnc(SC(C)C(=O)Nc2ccc3c(c2)OCO3)n1C. The van der Waals surface area contributed by atoms with Crippen LogP contribution in [-0.4, -0.2) is 38.6 Å². The first kappa shape index (κ1) is 21.7. The fraction of sp³-hybridized carbons (Fsp3) is 0.273. The van der Waals surface area contributed by atoms with E-state index in [9.17, 15) is 9.59 Å². The number of nitrogens with one attached hydrogen (secondary N) is 2. The number of amides is 2. The second-order valence-corrected chi connectivity index (χ2v) is 8.62. The van der Waals surface area contributed by atoms with Gasteiger partial charge in [0.25, 0.3) is 0 Å². The minimum absolute atomic E-state index is 0.0795. The van der Waals surface area contributed by atoms with Gasteiger partial charge in [0.15, 0.2) is 16.7 Å². The molecule has 0 radical (unpaired) electrons. The van der Waals surface area contributed by atoms with Crippen LogP contribution in [0, 0.1) is 6.92 Å². The van der Waals surface area contributed by atoms with Crippen molar-refractivity contribution in [3.63, 3.8) is 0 Å². The monoisotopic (exact) mass is 453 g/mol. The number of hydrogen-bond donors (Lipinski definition) is 2. The van der Waals surface area contributed by atoms with Crippen molar-refractivity contribution in [2.45, 2.75) is 30.7 Å². The summed E-state index contributed by atoms with van der Waals surface area (Å²) < 4.78 is 12.3. The zero-order valence-corrected chi connectivity index (χ0v) is 18.7. The summed E-state index contributed by atoms with van der Waals surface area (Å²) in [6.45, 7) is 3.89. The Kier molecular flexibility index (Phi) is 6.31. The zero-order chi connectivity index (χ0) is 22.7. The molecule has 10 heteroatoms. The van der Waals surface area contributed by atoms with E-state index in [0.717, 1.165) is 11.3 Å². The van der Waals surface area contributed by atoms with Gasteiger partial charge < -0.3 is 24.7 Å². The maximum atomic E-state index is 12.6. The maximum Gasteiger partial charge on any atom is 0.237 e. The molecule has 4 rings (SSSR count). The van der Waals surface area contributed by atoms with Gasteiger partial charge >= 0.3 is 0 Å². The number of aryl methyl sites for hydroxylation is 1. The lowest BCUT2D eigenvalue weighted by molar-refractivity contribution is -0.116. The number of para-hydroxylation sites is 1. The predicted octanol–water partition coefficient (Wildman–Crippen LogP) is 3.15. The molecule has 2 aromatic carbocycles. The highest BCUT2D eigenvalue weighted by molar-refractivity contribution is 8.00. The summed E-state index contributed by atoms with van der Waals surface area (Å²) in [6, 6.07) is 12.8. The van der Waals surface area contributed by atoms with Crippen molar-refractivity contribution in [3.8, 4) is 11.5 Å². The van der Waals surface area contributed by atoms with Crippen LogP contribution in [0.25, 0.3) is 0 Å². The predicted molar refractivity (Wildman–Crippen MR) is 121 cm³/mol. The van der Waals surface area contributed by atoms with Crippen LogP contribution < -0.4 is 20.1 Å². The van der Waals surface area contributed by atoms with Crippen LogP contribution in [0.2, 0.25) is 0 Å². The standard InChI is InChI=1S/C22H23N5O4S/c1-13-6-4-5-7-16(13)24-20(28)11-19-25-26-22(27(19)3)32-14(2)21(29)23-15-8-9-17-18(10-15)31-12-30-17/h4-10,14H,11-12H2,1-3H3,(H,23,29)(H,24,28). The average Bonchev–Trinajstić information content (AvgIpc) is 3.37. The van der Waals surface area contributed by atoms with Crippen molar-refractivity contribution in [2.75, 3.05) is 17.4 Å². The lowest BCUT2D eigenvalue weighted by atomic mass is 10.2. The molecule has 1 aliphatic heterocycles. The Morgan fingerprint density at radius 1 is 1.12 bits per heavy atom. The molecule has 1 atom stereocenters. The minimum Gasteiger partial charge on any atom is -0.454 e. The smallest absolute Gasteiger partial charge is 0.237 e. The summed E-state index contributed by atoms with van der Waals surface area (Å²) in [5.41, 5.74) is 2.37. The summed E-state index contributed by atoms with van der Waals surface area (Å²) in [6.07, 6.45) is 0.0795. The Balaban J connectivity index is 1.35. The molecule has 1 unspecified atom stereocenters. The van der Waals surface area contributed by atoms with Crippen LogP contribution in [0.4, 0.5) is 11.4 Å². The number of fused-ring (bicyclic) bond motifs is 1. The first-order valence-electron chi connectivity index (χ1n) is 10.0. The second kappa shape index (κ2) is 9.31. The molecule has 0 aliphatic carbocycles. The molecule has 32 heavy (non-hydrogen) atoms. The van der Waals surface area contributed by atoms with Crippen molar-refractivity contribution in [3.05, 3.63) is 53.9 Å². The molecular weight excluding hydrogens is 430 g/mol. The van der Waals surface area contributed by atoms with Gasteiger partial charge in [-0.15, -0.1) is 10.2 Å². The highest BCUT2D eigenvalue weighted by Gasteiger charge is 2.21. The number of carbonyl (C=O) groups excluding carboxylic acids is 2. The topological polar surface area (TPSA) is 107 Å². The third-order valence-electron chi connectivity index (χ3n) is 4.95. The van der Waals surface area contributed by atoms with Crippen LogP contribution in [0.1, 0.15) is 18.3 Å². The van der Waals surface area contributed by atoms with Gasteiger partial charge in [-0.25, -0.2) is 0 Å². The maximum absolute atomic E-state index is 12.6. The van der Waals surface area contributed by atoms with Crippen LogP contribution in [-0.2, 0) is 23.1 Å². The van der Waals surface area contributed by atoms with Crippen LogP contribution in [0.5, 0.6) is 11.5 Å². The molecule has 2 heterocycles. The van der Waals surface area contributed by atoms with Crippen molar-refractivity contribution in [1.82, 2.24) is 14.8 Å². The molecule has 0 bridgehead atoms. The van der Waals surface area contributed by atoms with E-state index in [0.29, 0.717) is 28.2 Å². The molecule has 1 aliphatic rings. The van der Waals surface area contributed by atoms with Gasteiger partial charge in [0.05, 0.1) is 11.7 Å². The zero-order valence-electron chi connectivity index (χ0n) is 17.9. The van der Waals surface area contributed by atoms with Gasteiger partial charge in [-0.1, -0.05) is 30.0 Å². The molecule has 0 saturated carbocycles. The van der Waals surface area contributed by atoms with Crippen molar-refractivity contribution >= 4 is 35.0 Å². The molecule has 2 N–H and O–H groups in total. The van der Waals surface area contributed by atoms with E-state index in [4.69, 9.17) is 9.47 Å². The number of rotatable bonds is 7. The fourth-order valence-electron chi connectivity index (χ4n) is 3.08. The molecule has 0 saturated heterocycles. The van der Waals surface area contributed by atoms with Gasteiger partial charge in [0.2, 0.25) is 18.6 Å². The van der Waals surface area contributed by atoms with E-state index in [1.54, 1.807) is 36.7 Å². The van der Waals surface area contributed by atoms with E-state index >= 15 is 0 Å². The number of thioether (sulfide) groups is 1. The summed E-state index contributed by atoms with van der Waals surface area (Å²) in [4.78, 5) is 25.0. The second-order valence-electron chi connectivity index (χ2n) is 7.32. The van der Waals surface area contributed by atoms with Crippen LogP contribution in [0.15, 0.2) is 47.6 Å². The Labute approximate surface area is 189 Å². The number of aromatic nitrogens is 3. The van der Waals surface area contributed by atoms with E-state index in [2.05, 4.69) is 20.8 Å². The number of nitrogens with zero attached hydrogens (tertiary/aromatic N) is 3. The summed E-state index contributed by atoms with van der Waals surface area (Å²) in [5, 5.41) is 14.1. The number of carbonyl (C=O) groups is 2.